The van der Waals surface area contributed by atoms with Crippen LogP contribution in [0.1, 0.15) is 67.6 Å². The number of alkyl halides is 3. The smallest absolute Gasteiger partial charge is 0.367 e. The minimum atomic E-state index is -4.55. The van der Waals surface area contributed by atoms with Crippen molar-refractivity contribution in [3.63, 3.8) is 0 Å². The number of carbonyl (C=O) groups excluding carboxylic acids is 2. The molecule has 0 radical (unpaired) electrons. The molecule has 0 spiro atoms. The predicted molar refractivity (Wildman–Crippen MR) is 120 cm³/mol. The van der Waals surface area contributed by atoms with E-state index >= 15 is 0 Å². The van der Waals surface area contributed by atoms with Gasteiger partial charge in [-0.15, -0.1) is 0 Å². The average molecular weight is 473 g/mol. The fourth-order valence-electron chi connectivity index (χ4n) is 5.42. The van der Waals surface area contributed by atoms with Gasteiger partial charge in [0.2, 0.25) is 11.9 Å². The van der Waals surface area contributed by atoms with Crippen LogP contribution in [0.2, 0.25) is 0 Å². The van der Waals surface area contributed by atoms with Crippen LogP contribution in [0.3, 0.4) is 0 Å². The molecule has 0 saturated heterocycles. The van der Waals surface area contributed by atoms with Gasteiger partial charge >= 0.3 is 6.18 Å². The summed E-state index contributed by atoms with van der Waals surface area (Å²) in [5.74, 6) is -0.271. The molecule has 2 fully saturated rings. The van der Waals surface area contributed by atoms with E-state index in [1.165, 1.54) is 6.92 Å². The van der Waals surface area contributed by atoms with Gasteiger partial charge in [0.1, 0.15) is 11.4 Å². The molecule has 1 aromatic carbocycles. The summed E-state index contributed by atoms with van der Waals surface area (Å²) in [5.41, 5.74) is 1.98. The lowest BCUT2D eigenvalue weighted by Crippen LogP contribution is -2.32. The molecule has 3 atom stereocenters. The summed E-state index contributed by atoms with van der Waals surface area (Å²) < 4.78 is 40.3. The van der Waals surface area contributed by atoms with E-state index in [0.29, 0.717) is 5.69 Å². The Morgan fingerprint density at radius 2 is 1.82 bits per heavy atom. The first kappa shape index (κ1) is 22.6. The Bertz CT molecular complexity index is 1130. The second-order valence-electron chi connectivity index (χ2n) is 9.39. The van der Waals surface area contributed by atoms with Crippen molar-refractivity contribution >= 4 is 29.1 Å². The molecule has 2 bridgehead atoms. The lowest BCUT2D eigenvalue weighted by atomic mass is 9.90. The zero-order chi connectivity index (χ0) is 24.0. The first-order chi connectivity index (χ1) is 16.2. The van der Waals surface area contributed by atoms with Gasteiger partial charge < -0.3 is 16.0 Å². The third-order valence-corrected chi connectivity index (χ3v) is 7.22. The van der Waals surface area contributed by atoms with Gasteiger partial charge in [-0.3, -0.25) is 9.59 Å². The zero-order valence-electron chi connectivity index (χ0n) is 18.7. The van der Waals surface area contributed by atoms with Gasteiger partial charge in [0.05, 0.1) is 6.54 Å². The number of rotatable bonds is 7. The molecule has 10 heteroatoms. The van der Waals surface area contributed by atoms with E-state index in [0.717, 1.165) is 49.4 Å². The minimum Gasteiger partial charge on any atom is -0.367 e. The third-order valence-electron chi connectivity index (χ3n) is 7.22. The van der Waals surface area contributed by atoms with Crippen molar-refractivity contribution in [1.29, 1.82) is 0 Å². The van der Waals surface area contributed by atoms with Crippen LogP contribution in [-0.4, -0.2) is 34.2 Å². The maximum absolute atomic E-state index is 13.4. The van der Waals surface area contributed by atoms with Crippen LogP contribution in [0.25, 0.3) is 0 Å². The number of fused-ring (bicyclic) bond motifs is 5. The number of ketones is 1. The van der Waals surface area contributed by atoms with E-state index < -0.39 is 11.7 Å². The summed E-state index contributed by atoms with van der Waals surface area (Å²) in [6, 6.07) is 5.75. The fraction of sp³-hybridized carbons (Fsp3) is 0.500. The molecular formula is C24H26F3N5O2. The molecule has 34 heavy (non-hydrogen) atoms. The molecule has 3 aliphatic carbocycles. The number of amides is 1. The van der Waals surface area contributed by atoms with Gasteiger partial charge in [-0.2, -0.15) is 18.2 Å². The molecule has 2 aromatic rings. The number of anilines is 3. The number of nitrogens with one attached hydrogen (secondary N) is 3. The Balaban J connectivity index is 1.36. The number of nitrogens with zero attached hydrogens (tertiary/aromatic N) is 2. The van der Waals surface area contributed by atoms with Gasteiger partial charge in [-0.25, -0.2) is 4.98 Å². The second-order valence-corrected chi connectivity index (χ2v) is 9.39. The van der Waals surface area contributed by atoms with Crippen LogP contribution in [0, 0.1) is 5.92 Å². The molecular weight excluding hydrogens is 447 g/mol. The summed E-state index contributed by atoms with van der Waals surface area (Å²) in [7, 11) is 0. The molecule has 3 aliphatic rings. The van der Waals surface area contributed by atoms with Crippen LogP contribution < -0.4 is 16.0 Å². The standard InChI is InChI=1S/C24H26F3N5O2/c1-12(33)28-11-20(34)21-16-7-8-17(21)18-9-14(5-6-15(16)18)31-23-29-10-19(24(25,26)27)22(32-23)30-13-3-2-4-13/h5-6,9-10,13,16-17,21H,2-4,7-8,11H2,1H3,(H,28,33)(H2,29,30,31,32)/t16-,17+,21?/m0/s1. The first-order valence-corrected chi connectivity index (χ1v) is 11.6. The highest BCUT2D eigenvalue weighted by Crippen LogP contribution is 2.57. The van der Waals surface area contributed by atoms with E-state index in [2.05, 4.69) is 25.9 Å². The third kappa shape index (κ3) is 4.21. The molecule has 0 aliphatic heterocycles. The van der Waals surface area contributed by atoms with Crippen molar-refractivity contribution in [3.05, 3.63) is 41.1 Å². The molecule has 5 rings (SSSR count). The largest absolute Gasteiger partial charge is 0.421 e. The quantitative estimate of drug-likeness (QED) is 0.548. The Hall–Kier alpha value is -3.17. The molecule has 1 aromatic heterocycles. The SMILES string of the molecule is CC(=O)NCC(=O)C1[C@@H]2CC[C@H]1c1ccc(Nc3ncc(C(F)(F)F)c(NC4CCC4)n3)cc12. The maximum Gasteiger partial charge on any atom is 0.421 e. The minimum absolute atomic E-state index is 0.00800. The number of carbonyl (C=O) groups is 2. The van der Waals surface area contributed by atoms with Crippen LogP contribution in [0.5, 0.6) is 0 Å². The van der Waals surface area contributed by atoms with Crippen molar-refractivity contribution in [2.75, 3.05) is 17.2 Å². The van der Waals surface area contributed by atoms with Gasteiger partial charge in [0, 0.05) is 30.8 Å². The molecule has 2 saturated carbocycles. The Labute approximate surface area is 194 Å². The Kier molecular flexibility index (Phi) is 5.69. The number of aromatic nitrogens is 2. The van der Waals surface area contributed by atoms with Crippen molar-refractivity contribution in [1.82, 2.24) is 15.3 Å². The van der Waals surface area contributed by atoms with E-state index in [9.17, 15) is 22.8 Å². The topological polar surface area (TPSA) is 96.0 Å². The first-order valence-electron chi connectivity index (χ1n) is 11.6. The van der Waals surface area contributed by atoms with E-state index in [4.69, 9.17) is 0 Å². The summed E-state index contributed by atoms with van der Waals surface area (Å²) in [6.07, 6.45) is 0.709. The molecule has 180 valence electrons. The number of Topliss-reactive ketones (excluding diaryl/α,β-unsaturated/α-hetero) is 1. The monoisotopic (exact) mass is 473 g/mol. The van der Waals surface area contributed by atoms with E-state index in [1.807, 2.05) is 18.2 Å². The second kappa shape index (κ2) is 8.56. The molecule has 1 heterocycles. The van der Waals surface area contributed by atoms with Gasteiger partial charge in [0.25, 0.3) is 0 Å². The van der Waals surface area contributed by atoms with Crippen LogP contribution >= 0.6 is 0 Å². The highest BCUT2D eigenvalue weighted by atomic mass is 19.4. The summed E-state index contributed by atoms with van der Waals surface area (Å²) in [6.45, 7) is 1.42. The number of hydrogen-bond donors (Lipinski definition) is 3. The highest BCUT2D eigenvalue weighted by molar-refractivity contribution is 5.89. The van der Waals surface area contributed by atoms with Crippen LogP contribution in [0.15, 0.2) is 24.4 Å². The lowest BCUT2D eigenvalue weighted by Gasteiger charge is -2.28. The van der Waals surface area contributed by atoms with Gasteiger partial charge in [0.15, 0.2) is 5.78 Å². The normalized spacial score (nSPS) is 23.2. The van der Waals surface area contributed by atoms with Crippen LogP contribution in [-0.2, 0) is 15.8 Å². The van der Waals surface area contributed by atoms with Gasteiger partial charge in [-0.05, 0) is 67.2 Å². The van der Waals surface area contributed by atoms with Crippen molar-refractivity contribution in [2.45, 2.75) is 63.1 Å². The number of hydrogen-bond acceptors (Lipinski definition) is 6. The summed E-state index contributed by atoms with van der Waals surface area (Å²) in [4.78, 5) is 32.0. The molecule has 3 N–H and O–H groups in total. The van der Waals surface area contributed by atoms with Crippen molar-refractivity contribution < 1.29 is 22.8 Å². The van der Waals surface area contributed by atoms with Gasteiger partial charge in [-0.1, -0.05) is 6.07 Å². The number of benzene rings is 1. The molecule has 1 amide bonds. The molecule has 1 unspecified atom stereocenters. The Morgan fingerprint density at radius 1 is 1.09 bits per heavy atom. The predicted octanol–water partition coefficient (Wildman–Crippen LogP) is 4.50. The highest BCUT2D eigenvalue weighted by Gasteiger charge is 2.49. The average Bonchev–Trinajstić information content (AvgIpc) is 3.31. The van der Waals surface area contributed by atoms with Crippen molar-refractivity contribution in [2.24, 2.45) is 5.92 Å². The fourth-order valence-corrected chi connectivity index (χ4v) is 5.42. The number of halogens is 3. The van der Waals surface area contributed by atoms with Crippen LogP contribution in [0.4, 0.5) is 30.6 Å². The van der Waals surface area contributed by atoms with Crippen molar-refractivity contribution in [3.8, 4) is 0 Å². The lowest BCUT2D eigenvalue weighted by molar-refractivity contribution is -0.137. The Morgan fingerprint density at radius 3 is 2.47 bits per heavy atom. The maximum atomic E-state index is 13.4. The zero-order valence-corrected chi connectivity index (χ0v) is 18.7. The molecule has 7 nitrogen and oxygen atoms in total. The van der Waals surface area contributed by atoms with E-state index in [1.54, 1.807) is 0 Å². The summed E-state index contributed by atoms with van der Waals surface area (Å²) >= 11 is 0. The summed E-state index contributed by atoms with van der Waals surface area (Å²) in [5, 5.41) is 8.54. The van der Waals surface area contributed by atoms with E-state index in [-0.39, 0.29) is 53.8 Å².